The van der Waals surface area contributed by atoms with Gasteiger partial charge in [0.2, 0.25) is 17.7 Å². The fraction of sp³-hybridized carbons (Fsp3) is 0.265. The van der Waals surface area contributed by atoms with Crippen molar-refractivity contribution in [3.05, 3.63) is 92.1 Å². The summed E-state index contributed by atoms with van der Waals surface area (Å²) in [6, 6.07) is 10.2. The minimum absolute atomic E-state index is 0.0412. The maximum atomic E-state index is 12.5. The number of nitro groups is 1. The second-order valence-corrected chi connectivity index (χ2v) is 17.0. The number of aliphatic carboxylic acids is 1. The summed E-state index contributed by atoms with van der Waals surface area (Å²) in [5, 5.41) is 21.5. The Balaban J connectivity index is 0.000000345. The molecule has 2 unspecified atom stereocenters. The van der Waals surface area contributed by atoms with Crippen molar-refractivity contribution in [2.45, 2.75) is 17.5 Å². The number of carboxylic acids is 1. The van der Waals surface area contributed by atoms with Crippen molar-refractivity contribution in [3.8, 4) is 23.3 Å². The Kier molecular flexibility index (Phi) is 19.2. The molecule has 2 aromatic heterocycles. The Bertz CT molecular complexity index is 2380. The molecule has 3 amide bonds. The van der Waals surface area contributed by atoms with E-state index >= 15 is 0 Å². The number of amides is 3. The number of hydrogen-bond donors (Lipinski definition) is 5. The summed E-state index contributed by atoms with van der Waals surface area (Å²) in [4.78, 5) is 77.7. The standard InChI is InChI=1S/C15H18N6O6S.C14H9Cl2NO5.C5H12NO4P/c1-21(2)13(22)9-6-5-7-16-12(9)28(24,25)20-15(23)19-14-17-10(26-3)8-11(18-14)27-4;1-21-14(18)10-7-9(3-4-12(10)17(19)20)22-13-5-2-8(15)6-11(13)16;1-11(9,10)3-2-4(6)5(7)8/h5-8H,1-4H3,(H2,17,18,19,20,23);2-7H,1H3;4H,2-3,6H2,1H3,(H,7,8)(H,9,10). The first-order valence-corrected chi connectivity index (χ1v) is 21.2. The third kappa shape index (κ3) is 16.4. The van der Waals surface area contributed by atoms with Crippen LogP contribution in [0, 0.1) is 10.1 Å². The summed E-state index contributed by atoms with van der Waals surface area (Å²) in [7, 11) is -0.816. The number of halogens is 2. The number of hydrogen-bond acceptors (Lipinski definition) is 17. The SMILES string of the molecule is COC(=O)c1cc(Oc2ccc(Cl)cc2Cl)ccc1[N+](=O)[O-].COc1cc(OC)nc(NC(=O)NS(=O)(=O)c2ncccc2C(=O)N(C)C)n1.CP(=O)(O)CCC(N)C(=O)O. The Morgan fingerprint density at radius 1 is 1.00 bits per heavy atom. The van der Waals surface area contributed by atoms with E-state index in [0.717, 1.165) is 13.2 Å². The van der Waals surface area contributed by atoms with Crippen LogP contribution in [0.2, 0.25) is 10.0 Å². The first-order chi connectivity index (χ1) is 28.4. The highest BCUT2D eigenvalue weighted by atomic mass is 35.5. The second-order valence-electron chi connectivity index (χ2n) is 12.0. The normalized spacial score (nSPS) is 12.0. The Hall–Kier alpha value is -6.17. The Labute approximate surface area is 357 Å². The van der Waals surface area contributed by atoms with Crippen LogP contribution in [0.1, 0.15) is 27.1 Å². The van der Waals surface area contributed by atoms with E-state index in [1.54, 1.807) is 16.9 Å². The van der Waals surface area contributed by atoms with Crippen LogP contribution in [0.25, 0.3) is 0 Å². The number of benzene rings is 2. The third-order valence-electron chi connectivity index (χ3n) is 7.08. The number of nitrogens with zero attached hydrogens (tertiary/aromatic N) is 5. The largest absolute Gasteiger partial charge is 0.481 e. The average molecular weight is 934 g/mol. The zero-order valence-corrected chi connectivity index (χ0v) is 36.1. The van der Waals surface area contributed by atoms with Gasteiger partial charge in [0.25, 0.3) is 21.6 Å². The number of nitro benzene ring substituents is 1. The van der Waals surface area contributed by atoms with Crippen LogP contribution in [0.3, 0.4) is 0 Å². The molecule has 4 rings (SSSR count). The molecular weight excluding hydrogens is 894 g/mol. The molecule has 0 bridgehead atoms. The van der Waals surface area contributed by atoms with Crippen molar-refractivity contribution < 1.29 is 66.0 Å². The number of aromatic nitrogens is 3. The molecule has 330 valence electrons. The van der Waals surface area contributed by atoms with Gasteiger partial charge in [-0.2, -0.15) is 18.4 Å². The van der Waals surface area contributed by atoms with Gasteiger partial charge < -0.3 is 39.6 Å². The molecule has 2 atom stereocenters. The molecule has 2 aromatic carbocycles. The average Bonchev–Trinajstić information content (AvgIpc) is 3.19. The van der Waals surface area contributed by atoms with Gasteiger partial charge in [-0.25, -0.2) is 19.3 Å². The second kappa shape index (κ2) is 23.0. The molecule has 0 aliphatic carbocycles. The van der Waals surface area contributed by atoms with Gasteiger partial charge in [-0.1, -0.05) is 23.2 Å². The molecule has 0 saturated heterocycles. The number of carbonyl (C=O) groups is 4. The van der Waals surface area contributed by atoms with Gasteiger partial charge in [-0.15, -0.1) is 0 Å². The first kappa shape index (κ1) is 51.0. The quantitative estimate of drug-likeness (QED) is 0.0510. The molecule has 0 aliphatic rings. The number of methoxy groups -OCH3 is 3. The maximum Gasteiger partial charge on any atom is 0.345 e. The minimum atomic E-state index is -4.46. The van der Waals surface area contributed by atoms with Gasteiger partial charge in [-0.05, 0) is 42.8 Å². The van der Waals surface area contributed by atoms with Crippen LogP contribution in [0.4, 0.5) is 16.4 Å². The smallest absolute Gasteiger partial charge is 0.345 e. The third-order valence-corrected chi connectivity index (χ3v) is 9.98. The van der Waals surface area contributed by atoms with Crippen LogP contribution >= 0.6 is 30.6 Å². The highest BCUT2D eigenvalue weighted by molar-refractivity contribution is 7.90. The molecule has 61 heavy (non-hydrogen) atoms. The zero-order valence-electron chi connectivity index (χ0n) is 32.9. The lowest BCUT2D eigenvalue weighted by Gasteiger charge is -2.14. The number of carboxylic acid groups (broad SMARTS) is 1. The van der Waals surface area contributed by atoms with Crippen LogP contribution in [-0.4, -0.2) is 121 Å². The van der Waals surface area contributed by atoms with Gasteiger partial charge in [-0.3, -0.25) is 29.6 Å². The van der Waals surface area contributed by atoms with E-state index in [-0.39, 0.29) is 57.9 Å². The van der Waals surface area contributed by atoms with Gasteiger partial charge in [0, 0.05) is 50.3 Å². The van der Waals surface area contributed by atoms with Gasteiger partial charge in [0.1, 0.15) is 23.1 Å². The zero-order chi connectivity index (χ0) is 46.2. The fourth-order valence-corrected chi connectivity index (χ4v) is 6.41. The van der Waals surface area contributed by atoms with Crippen LogP contribution < -0.4 is 30.0 Å². The summed E-state index contributed by atoms with van der Waals surface area (Å²) >= 11 is 11.8. The molecule has 6 N–H and O–H groups in total. The van der Waals surface area contributed by atoms with E-state index in [1.165, 1.54) is 82.5 Å². The predicted molar refractivity (Wildman–Crippen MR) is 219 cm³/mol. The number of anilines is 1. The first-order valence-electron chi connectivity index (χ1n) is 16.7. The van der Waals surface area contributed by atoms with Crippen molar-refractivity contribution in [1.29, 1.82) is 0 Å². The summed E-state index contributed by atoms with van der Waals surface area (Å²) in [5.41, 5.74) is 4.32. The Morgan fingerprint density at radius 2 is 1.62 bits per heavy atom. The lowest BCUT2D eigenvalue weighted by molar-refractivity contribution is -0.385. The summed E-state index contributed by atoms with van der Waals surface area (Å²) in [5.74, 6) is -2.13. The lowest BCUT2D eigenvalue weighted by atomic mass is 10.1. The predicted octanol–water partition coefficient (Wildman–Crippen LogP) is 4.27. The monoisotopic (exact) mass is 932 g/mol. The van der Waals surface area contributed by atoms with Crippen molar-refractivity contribution in [1.82, 2.24) is 24.6 Å². The van der Waals surface area contributed by atoms with E-state index < -0.39 is 57.3 Å². The number of sulfonamides is 1. The maximum absolute atomic E-state index is 12.5. The number of carbonyl (C=O) groups excluding carboxylic acids is 3. The molecule has 27 heteroatoms. The molecule has 2 heterocycles. The highest BCUT2D eigenvalue weighted by Gasteiger charge is 2.27. The van der Waals surface area contributed by atoms with Gasteiger partial charge in [0.05, 0.1) is 42.9 Å². The van der Waals surface area contributed by atoms with Gasteiger partial charge >= 0.3 is 18.0 Å². The Morgan fingerprint density at radius 3 is 2.13 bits per heavy atom. The molecule has 23 nitrogen and oxygen atoms in total. The topological polar surface area (TPSA) is 332 Å². The number of ether oxygens (including phenoxy) is 4. The number of esters is 1. The molecule has 0 aliphatic heterocycles. The molecule has 0 radical (unpaired) electrons. The van der Waals surface area contributed by atoms with Crippen molar-refractivity contribution >= 4 is 76.1 Å². The fourth-order valence-electron chi connectivity index (χ4n) is 4.17. The number of urea groups is 1. The molecule has 0 saturated carbocycles. The van der Waals surface area contributed by atoms with E-state index in [1.807, 2.05) is 0 Å². The summed E-state index contributed by atoms with van der Waals surface area (Å²) < 4.78 is 57.4. The molecular formula is C34H39Cl2N8O15PS. The van der Waals surface area contributed by atoms with E-state index in [0.29, 0.717) is 10.8 Å². The van der Waals surface area contributed by atoms with E-state index in [2.05, 4.69) is 25.0 Å². The van der Waals surface area contributed by atoms with Crippen LogP contribution in [0.15, 0.2) is 65.8 Å². The number of pyridine rings is 1. The number of nitrogens with two attached hydrogens (primary N) is 1. The minimum Gasteiger partial charge on any atom is -0.481 e. The summed E-state index contributed by atoms with van der Waals surface area (Å²) in [6.45, 7) is 1.18. The van der Waals surface area contributed by atoms with Gasteiger partial charge in [0.15, 0.2) is 12.4 Å². The molecule has 4 aromatic rings. The van der Waals surface area contributed by atoms with E-state index in [9.17, 15) is 42.3 Å². The van der Waals surface area contributed by atoms with Crippen molar-refractivity contribution in [3.63, 3.8) is 0 Å². The lowest BCUT2D eigenvalue weighted by Crippen LogP contribution is -2.36. The van der Waals surface area contributed by atoms with Crippen LogP contribution in [-0.2, 0) is 24.1 Å². The summed E-state index contributed by atoms with van der Waals surface area (Å²) in [6.07, 6.45) is 1.19. The van der Waals surface area contributed by atoms with Crippen molar-refractivity contribution in [2.75, 3.05) is 53.6 Å². The van der Waals surface area contributed by atoms with E-state index in [4.69, 9.17) is 53.1 Å². The number of rotatable bonds is 14. The highest BCUT2D eigenvalue weighted by Crippen LogP contribution is 2.36. The van der Waals surface area contributed by atoms with Crippen molar-refractivity contribution in [2.24, 2.45) is 5.73 Å². The van der Waals surface area contributed by atoms with Crippen LogP contribution in [0.5, 0.6) is 23.3 Å². The number of nitrogens with one attached hydrogen (secondary N) is 2. The molecule has 0 fully saturated rings. The molecule has 0 spiro atoms.